The van der Waals surface area contributed by atoms with Crippen LogP contribution < -0.4 is 4.74 Å². The number of methoxy groups -OCH3 is 1. The number of benzene rings is 3. The van der Waals surface area contributed by atoms with Crippen molar-refractivity contribution in [3.05, 3.63) is 101 Å². The zero-order valence-electron chi connectivity index (χ0n) is 18.6. The Balaban J connectivity index is 2.06. The molecule has 1 unspecified atom stereocenters. The highest BCUT2D eigenvalue weighted by molar-refractivity contribution is 7.95. The van der Waals surface area contributed by atoms with Gasteiger partial charge in [-0.1, -0.05) is 60.2 Å². The Morgan fingerprint density at radius 3 is 2.27 bits per heavy atom. The van der Waals surface area contributed by atoms with Gasteiger partial charge in [0.25, 0.3) is 0 Å². The highest BCUT2D eigenvalue weighted by atomic mass is 32.2. The Hall–Kier alpha value is -2.90. The summed E-state index contributed by atoms with van der Waals surface area (Å²) in [4.78, 5) is 0.118. The molecule has 0 spiro atoms. The van der Waals surface area contributed by atoms with E-state index in [1.54, 1.807) is 72.8 Å². The van der Waals surface area contributed by atoms with E-state index in [1.807, 2.05) is 13.0 Å². The van der Waals surface area contributed by atoms with E-state index in [0.29, 0.717) is 29.7 Å². The van der Waals surface area contributed by atoms with Gasteiger partial charge in [0.2, 0.25) is 0 Å². The summed E-state index contributed by atoms with van der Waals surface area (Å²) in [5.41, 5.74) is 2.24. The lowest BCUT2D eigenvalue weighted by atomic mass is 9.83. The number of hydrogen-bond acceptors (Lipinski definition) is 5. The molecule has 1 heterocycles. The van der Waals surface area contributed by atoms with Crippen molar-refractivity contribution in [2.45, 2.75) is 29.4 Å². The zero-order chi connectivity index (χ0) is 23.7. The van der Waals surface area contributed by atoms with Gasteiger partial charge in [0.05, 0.1) is 17.8 Å². The molecule has 1 saturated heterocycles. The molecular weight excluding hydrogens is 456 g/mol. The van der Waals surface area contributed by atoms with Crippen molar-refractivity contribution in [3.8, 4) is 5.75 Å². The normalized spacial score (nSPS) is 20.5. The summed E-state index contributed by atoms with van der Waals surface area (Å²) in [7, 11) is -6.13. The summed E-state index contributed by atoms with van der Waals surface area (Å²) in [5, 5.41) is 1.14. The fraction of sp³-hybridized carbons (Fsp3) is 0.231. The lowest BCUT2D eigenvalue weighted by molar-refractivity contribution is 0.414. The molecule has 1 fully saturated rings. The largest absolute Gasteiger partial charge is 0.497 e. The summed E-state index contributed by atoms with van der Waals surface area (Å²) >= 11 is 0. The molecule has 0 N–H and O–H groups in total. The van der Waals surface area contributed by atoms with Crippen molar-refractivity contribution in [1.82, 2.24) is 0 Å². The van der Waals surface area contributed by atoms with Gasteiger partial charge in [0.15, 0.2) is 19.7 Å². The maximum atomic E-state index is 13.7. The molecule has 0 bridgehead atoms. The zero-order valence-corrected chi connectivity index (χ0v) is 20.2. The van der Waals surface area contributed by atoms with E-state index < -0.39 is 24.4 Å². The topological polar surface area (TPSA) is 77.5 Å². The van der Waals surface area contributed by atoms with Crippen LogP contribution in [0.15, 0.2) is 89.2 Å². The minimum atomic E-state index is -3.95. The van der Waals surface area contributed by atoms with Crippen LogP contribution >= 0.6 is 0 Å². The average molecular weight is 483 g/mol. The Labute approximate surface area is 195 Å². The number of aryl methyl sites for hydroxylation is 1. The highest BCUT2D eigenvalue weighted by Gasteiger charge is 2.52. The molecule has 1 aliphatic heterocycles. The third kappa shape index (κ3) is 4.23. The average Bonchev–Trinajstić information content (AvgIpc) is 3.13. The van der Waals surface area contributed by atoms with E-state index >= 15 is 0 Å². The van der Waals surface area contributed by atoms with Gasteiger partial charge in [-0.15, -0.1) is 0 Å². The van der Waals surface area contributed by atoms with Crippen molar-refractivity contribution in [2.24, 2.45) is 0 Å². The van der Waals surface area contributed by atoms with Crippen LogP contribution in [0.1, 0.15) is 29.5 Å². The lowest BCUT2D eigenvalue weighted by Crippen LogP contribution is -2.34. The van der Waals surface area contributed by atoms with Crippen molar-refractivity contribution in [2.75, 3.05) is 12.9 Å². The van der Waals surface area contributed by atoms with Crippen LogP contribution in [0.3, 0.4) is 0 Å². The van der Waals surface area contributed by atoms with E-state index in [-0.39, 0.29) is 16.2 Å². The van der Waals surface area contributed by atoms with Crippen LogP contribution in [0, 0.1) is 6.92 Å². The molecule has 7 heteroatoms. The third-order valence-electron chi connectivity index (χ3n) is 6.15. The van der Waals surface area contributed by atoms with Gasteiger partial charge in [0.1, 0.15) is 10.5 Å². The molecule has 3 aromatic rings. The molecule has 0 radical (unpaired) electrons. The van der Waals surface area contributed by atoms with Crippen LogP contribution in [0.2, 0.25) is 0 Å². The van der Waals surface area contributed by atoms with Gasteiger partial charge in [0, 0.05) is 5.41 Å². The predicted molar refractivity (Wildman–Crippen MR) is 130 cm³/mol. The Kier molecular flexibility index (Phi) is 6.20. The van der Waals surface area contributed by atoms with Crippen LogP contribution in [-0.2, 0) is 24.4 Å². The SMILES string of the molecule is COc1cccc(/C(=C\S(=O)(=O)c2ccc(C)cc2)C2(c3ccccc3)CCCS2(=O)=O)c1. The van der Waals surface area contributed by atoms with Gasteiger partial charge in [-0.05, 0) is 60.7 Å². The van der Waals surface area contributed by atoms with E-state index in [9.17, 15) is 16.8 Å². The monoisotopic (exact) mass is 482 g/mol. The first-order valence-electron chi connectivity index (χ1n) is 10.7. The van der Waals surface area contributed by atoms with Gasteiger partial charge in [-0.3, -0.25) is 0 Å². The first-order chi connectivity index (χ1) is 15.7. The fourth-order valence-corrected chi connectivity index (χ4v) is 8.18. The predicted octanol–water partition coefficient (Wildman–Crippen LogP) is 4.92. The number of ether oxygens (including phenoxy) is 1. The van der Waals surface area contributed by atoms with E-state index in [4.69, 9.17) is 4.74 Å². The van der Waals surface area contributed by atoms with Gasteiger partial charge in [-0.2, -0.15) is 0 Å². The first-order valence-corrected chi connectivity index (χ1v) is 13.9. The molecule has 1 aliphatic rings. The molecular formula is C26H26O5S2. The summed E-state index contributed by atoms with van der Waals surface area (Å²) in [6.07, 6.45) is 0.745. The molecule has 5 nitrogen and oxygen atoms in total. The molecule has 4 rings (SSSR count). The van der Waals surface area contributed by atoms with Crippen LogP contribution in [-0.4, -0.2) is 29.7 Å². The summed E-state index contributed by atoms with van der Waals surface area (Å²) in [5.74, 6) is 0.512. The Bertz CT molecular complexity index is 1390. The Morgan fingerprint density at radius 1 is 0.970 bits per heavy atom. The van der Waals surface area contributed by atoms with Gasteiger partial charge < -0.3 is 4.74 Å². The lowest BCUT2D eigenvalue weighted by Gasteiger charge is -2.32. The van der Waals surface area contributed by atoms with E-state index in [2.05, 4.69) is 0 Å². The third-order valence-corrected chi connectivity index (χ3v) is 10.2. The number of hydrogen-bond donors (Lipinski definition) is 0. The van der Waals surface area contributed by atoms with Gasteiger partial charge >= 0.3 is 0 Å². The van der Waals surface area contributed by atoms with E-state index in [0.717, 1.165) is 11.0 Å². The maximum Gasteiger partial charge on any atom is 0.200 e. The second-order valence-electron chi connectivity index (χ2n) is 8.24. The smallest absolute Gasteiger partial charge is 0.200 e. The molecule has 3 aromatic carbocycles. The van der Waals surface area contributed by atoms with Crippen molar-refractivity contribution in [3.63, 3.8) is 0 Å². The Morgan fingerprint density at radius 2 is 1.67 bits per heavy atom. The second kappa shape index (κ2) is 8.80. The quantitative estimate of drug-likeness (QED) is 0.498. The molecule has 172 valence electrons. The molecule has 0 saturated carbocycles. The first kappa shape index (κ1) is 23.3. The molecule has 0 amide bonds. The van der Waals surface area contributed by atoms with Crippen molar-refractivity contribution < 1.29 is 21.6 Å². The second-order valence-corrected chi connectivity index (χ2v) is 12.4. The van der Waals surface area contributed by atoms with Crippen LogP contribution in [0.4, 0.5) is 0 Å². The minimum Gasteiger partial charge on any atom is -0.497 e. The van der Waals surface area contributed by atoms with Gasteiger partial charge in [-0.25, -0.2) is 16.8 Å². The summed E-state index contributed by atoms with van der Waals surface area (Å²) in [6, 6.07) is 22.3. The number of sulfone groups is 2. The standard InChI is InChI=1S/C26H26O5S2/c1-20-12-14-24(15-13-20)32(27,28)19-25(21-8-6-11-23(18-21)31-2)26(16-7-17-33(26,29)30)22-9-4-3-5-10-22/h3-6,8-15,18-19H,7,16-17H2,1-2H3/b25-19+. The summed E-state index contributed by atoms with van der Waals surface area (Å²) in [6.45, 7) is 1.88. The maximum absolute atomic E-state index is 13.7. The molecule has 0 aliphatic carbocycles. The highest BCUT2D eigenvalue weighted by Crippen LogP contribution is 2.51. The summed E-state index contributed by atoms with van der Waals surface area (Å²) < 4.78 is 58.2. The van der Waals surface area contributed by atoms with Crippen molar-refractivity contribution in [1.29, 1.82) is 0 Å². The van der Waals surface area contributed by atoms with Crippen LogP contribution in [0.25, 0.3) is 5.57 Å². The van der Waals surface area contributed by atoms with Crippen molar-refractivity contribution >= 4 is 25.2 Å². The van der Waals surface area contributed by atoms with Crippen LogP contribution in [0.5, 0.6) is 5.75 Å². The number of rotatable bonds is 6. The fourth-order valence-electron chi connectivity index (χ4n) is 4.47. The molecule has 33 heavy (non-hydrogen) atoms. The minimum absolute atomic E-state index is 0.00617. The molecule has 0 aromatic heterocycles. The molecule has 1 atom stereocenters. The van der Waals surface area contributed by atoms with E-state index in [1.165, 1.54) is 7.11 Å².